The van der Waals surface area contributed by atoms with Gasteiger partial charge in [0.1, 0.15) is 0 Å². The molecule has 25 heavy (non-hydrogen) atoms. The van der Waals surface area contributed by atoms with Gasteiger partial charge in [0.25, 0.3) is 0 Å². The van der Waals surface area contributed by atoms with Crippen molar-refractivity contribution in [2.45, 2.75) is 25.4 Å². The van der Waals surface area contributed by atoms with Crippen LogP contribution in [0.1, 0.15) is 36.5 Å². The van der Waals surface area contributed by atoms with Crippen molar-refractivity contribution in [3.63, 3.8) is 0 Å². The summed E-state index contributed by atoms with van der Waals surface area (Å²) in [5, 5.41) is 28.3. The lowest BCUT2D eigenvalue weighted by molar-refractivity contribution is 0.0313. The lowest BCUT2D eigenvalue weighted by Gasteiger charge is -2.45. The average molecular weight is 343 g/mol. The molecular weight excluding hydrogens is 318 g/mol. The number of aliphatic hydroxyl groups excluding tert-OH is 1. The van der Waals surface area contributed by atoms with Crippen LogP contribution < -0.4 is 0 Å². The van der Waals surface area contributed by atoms with Crippen molar-refractivity contribution in [3.05, 3.63) is 35.4 Å². The molecule has 0 spiro atoms. The van der Waals surface area contributed by atoms with Crippen LogP contribution in [0.5, 0.6) is 0 Å². The monoisotopic (exact) mass is 343 g/mol. The van der Waals surface area contributed by atoms with E-state index >= 15 is 0 Å². The predicted octanol–water partition coefficient (Wildman–Crippen LogP) is 2.30. The zero-order valence-electron chi connectivity index (χ0n) is 14.3. The van der Waals surface area contributed by atoms with Crippen LogP contribution in [0.4, 0.5) is 4.79 Å². The Morgan fingerprint density at radius 2 is 1.84 bits per heavy atom. The summed E-state index contributed by atoms with van der Waals surface area (Å²) in [5.41, 5.74) is 1.46. The number of rotatable bonds is 5. The Balaban J connectivity index is 1.43. The highest BCUT2D eigenvalue weighted by atomic mass is 16.4. The van der Waals surface area contributed by atoms with Gasteiger partial charge in [0.05, 0.1) is 17.7 Å². The Morgan fingerprint density at radius 3 is 2.40 bits per heavy atom. The third-order valence-electron chi connectivity index (χ3n) is 5.30. The van der Waals surface area contributed by atoms with Gasteiger partial charge in [-0.05, 0) is 55.3 Å². The molecule has 6 heteroatoms. The average Bonchev–Trinajstić information content (AvgIpc) is 2.61. The molecule has 2 saturated heterocycles. The molecule has 0 saturated carbocycles. The highest BCUT2D eigenvalue weighted by molar-refractivity contribution is 5.65. The summed E-state index contributed by atoms with van der Waals surface area (Å²) in [7, 11) is 0. The van der Waals surface area contributed by atoms with Crippen molar-refractivity contribution in [2.75, 3.05) is 32.7 Å². The lowest BCUT2D eigenvalue weighted by atomic mass is 9.84. The molecule has 0 radical (unpaired) electrons. The predicted molar refractivity (Wildman–Crippen MR) is 93.0 cm³/mol. The molecule has 1 amide bonds. The Morgan fingerprint density at radius 1 is 1.20 bits per heavy atom. The Bertz CT molecular complexity index is 626. The van der Waals surface area contributed by atoms with Gasteiger partial charge in [-0.25, -0.2) is 4.79 Å². The zero-order chi connectivity index (χ0) is 17.8. The summed E-state index contributed by atoms with van der Waals surface area (Å²) < 4.78 is 0. The number of nitrogens with zero attached hydrogens (tertiary/aromatic N) is 3. The number of aliphatic hydroxyl groups is 1. The van der Waals surface area contributed by atoms with E-state index in [1.54, 1.807) is 17.0 Å². The first-order valence-electron chi connectivity index (χ1n) is 8.93. The number of benzene rings is 1. The number of fused-ring (bicyclic) bond motifs is 2. The van der Waals surface area contributed by atoms with Crippen LogP contribution in [0.3, 0.4) is 0 Å². The minimum atomic E-state index is -0.798. The zero-order valence-corrected chi connectivity index (χ0v) is 14.3. The van der Waals surface area contributed by atoms with Crippen LogP contribution >= 0.6 is 0 Å². The SMILES string of the molecule is N#Cc1ccc(C(O)CCCN2CC3CC(C2)CN(C(=O)O)C3)cc1. The van der Waals surface area contributed by atoms with Gasteiger partial charge in [-0.1, -0.05) is 12.1 Å². The number of hydrogen-bond donors (Lipinski definition) is 2. The molecule has 2 aliphatic rings. The molecule has 134 valence electrons. The van der Waals surface area contributed by atoms with E-state index in [-0.39, 0.29) is 0 Å². The van der Waals surface area contributed by atoms with Gasteiger partial charge < -0.3 is 20.0 Å². The van der Waals surface area contributed by atoms with Gasteiger partial charge >= 0.3 is 6.09 Å². The maximum atomic E-state index is 11.2. The Labute approximate surface area is 148 Å². The molecule has 0 aromatic heterocycles. The molecule has 2 heterocycles. The molecule has 0 aliphatic carbocycles. The van der Waals surface area contributed by atoms with E-state index in [1.807, 2.05) is 12.1 Å². The molecule has 2 bridgehead atoms. The summed E-state index contributed by atoms with van der Waals surface area (Å²) in [6.45, 7) is 4.14. The highest BCUT2D eigenvalue weighted by Crippen LogP contribution is 2.29. The summed E-state index contributed by atoms with van der Waals surface area (Å²) >= 11 is 0. The van der Waals surface area contributed by atoms with Crippen molar-refractivity contribution in [3.8, 4) is 6.07 Å². The third kappa shape index (κ3) is 4.50. The minimum Gasteiger partial charge on any atom is -0.465 e. The number of carbonyl (C=O) groups is 1. The van der Waals surface area contributed by atoms with Gasteiger partial charge in [-0.3, -0.25) is 0 Å². The fourth-order valence-electron chi connectivity index (χ4n) is 4.18. The van der Waals surface area contributed by atoms with Gasteiger partial charge in [-0.2, -0.15) is 5.26 Å². The van der Waals surface area contributed by atoms with E-state index < -0.39 is 12.2 Å². The number of hydrogen-bond acceptors (Lipinski definition) is 4. The summed E-state index contributed by atoms with van der Waals surface area (Å²) in [6, 6.07) is 9.18. The molecule has 1 aromatic carbocycles. The smallest absolute Gasteiger partial charge is 0.407 e. The molecule has 2 aliphatic heterocycles. The van der Waals surface area contributed by atoms with Crippen molar-refractivity contribution in [1.82, 2.24) is 9.80 Å². The molecule has 2 fully saturated rings. The fourth-order valence-corrected chi connectivity index (χ4v) is 4.18. The van der Waals surface area contributed by atoms with Gasteiger partial charge in [0, 0.05) is 26.2 Å². The first-order chi connectivity index (χ1) is 12.0. The van der Waals surface area contributed by atoms with E-state index in [1.165, 1.54) is 0 Å². The molecule has 6 nitrogen and oxygen atoms in total. The lowest BCUT2D eigenvalue weighted by Crippen LogP contribution is -2.53. The van der Waals surface area contributed by atoms with Crippen molar-refractivity contribution in [2.24, 2.45) is 11.8 Å². The number of nitriles is 1. The van der Waals surface area contributed by atoms with Crippen LogP contribution in [0.2, 0.25) is 0 Å². The second-order valence-corrected chi connectivity index (χ2v) is 7.31. The normalized spacial score (nSPS) is 24.6. The van der Waals surface area contributed by atoms with E-state index in [4.69, 9.17) is 10.4 Å². The second kappa shape index (κ2) is 7.85. The quantitative estimate of drug-likeness (QED) is 0.856. The molecular formula is C19H25N3O3. The highest BCUT2D eigenvalue weighted by Gasteiger charge is 2.35. The maximum Gasteiger partial charge on any atom is 0.407 e. The third-order valence-corrected chi connectivity index (χ3v) is 5.30. The summed E-state index contributed by atoms with van der Waals surface area (Å²) in [6.07, 6.45) is 1.43. The second-order valence-electron chi connectivity index (χ2n) is 7.31. The molecule has 3 atom stereocenters. The number of piperidine rings is 2. The molecule has 2 N–H and O–H groups in total. The van der Waals surface area contributed by atoms with Gasteiger partial charge in [0.15, 0.2) is 0 Å². The maximum absolute atomic E-state index is 11.2. The summed E-state index contributed by atoms with van der Waals surface area (Å²) in [5.74, 6) is 0.874. The Kier molecular flexibility index (Phi) is 5.57. The van der Waals surface area contributed by atoms with Gasteiger partial charge in [-0.15, -0.1) is 0 Å². The fraction of sp³-hybridized carbons (Fsp3) is 0.579. The molecule has 3 rings (SSSR count). The topological polar surface area (TPSA) is 87.8 Å². The molecule has 3 unspecified atom stereocenters. The van der Waals surface area contributed by atoms with E-state index in [2.05, 4.69) is 11.0 Å². The van der Waals surface area contributed by atoms with Crippen LogP contribution in [0.25, 0.3) is 0 Å². The van der Waals surface area contributed by atoms with Gasteiger partial charge in [0.2, 0.25) is 0 Å². The molecule has 1 aromatic rings. The van der Waals surface area contributed by atoms with Crippen molar-refractivity contribution >= 4 is 6.09 Å². The van der Waals surface area contributed by atoms with Crippen LogP contribution in [0.15, 0.2) is 24.3 Å². The van der Waals surface area contributed by atoms with E-state index in [0.717, 1.165) is 38.0 Å². The first-order valence-corrected chi connectivity index (χ1v) is 8.93. The largest absolute Gasteiger partial charge is 0.465 e. The first kappa shape index (κ1) is 17.7. The summed E-state index contributed by atoms with van der Waals surface area (Å²) in [4.78, 5) is 15.1. The van der Waals surface area contributed by atoms with Crippen LogP contribution in [-0.4, -0.2) is 58.8 Å². The van der Waals surface area contributed by atoms with Crippen molar-refractivity contribution in [1.29, 1.82) is 5.26 Å². The van der Waals surface area contributed by atoms with Crippen molar-refractivity contribution < 1.29 is 15.0 Å². The minimum absolute atomic E-state index is 0.437. The Hall–Kier alpha value is -2.10. The van der Waals surface area contributed by atoms with Crippen LogP contribution in [-0.2, 0) is 0 Å². The number of amides is 1. The number of likely N-dealkylation sites (tertiary alicyclic amines) is 2. The number of carboxylic acid groups (broad SMARTS) is 1. The van der Waals surface area contributed by atoms with Crippen LogP contribution in [0, 0.1) is 23.2 Å². The van der Waals surface area contributed by atoms with E-state index in [0.29, 0.717) is 36.9 Å². The standard InChI is InChI=1S/C19H25N3O3/c20-9-14-3-5-17(6-4-14)18(23)2-1-7-21-10-15-8-16(11-21)13-22(12-15)19(24)25/h3-6,15-16,18,23H,1-2,7-8,10-13H2,(H,24,25). The van der Waals surface area contributed by atoms with E-state index in [9.17, 15) is 9.90 Å².